The van der Waals surface area contributed by atoms with E-state index >= 15 is 0 Å². The number of carbonyl (C=O) groups excluding carboxylic acids is 2. The number of anilines is 1. The van der Waals surface area contributed by atoms with E-state index in [-0.39, 0.29) is 16.5 Å². The van der Waals surface area contributed by atoms with Crippen molar-refractivity contribution in [3.8, 4) is 0 Å². The number of rotatable bonds is 4. The molecule has 2 rings (SSSR count). The van der Waals surface area contributed by atoms with Crippen LogP contribution in [0.15, 0.2) is 46.2 Å². The fraction of sp³-hybridized carbons (Fsp3) is 0.294. The first-order valence-corrected chi connectivity index (χ1v) is 8.29. The van der Waals surface area contributed by atoms with Gasteiger partial charge in [0.2, 0.25) is 5.91 Å². The number of nitrogens with one attached hydrogen (secondary N) is 1. The Hall–Kier alpha value is -2.22. The smallest absolute Gasteiger partial charge is 0.335 e. The maximum absolute atomic E-state index is 12.7. The molecule has 134 valence electrons. The van der Waals surface area contributed by atoms with Crippen molar-refractivity contribution in [3.63, 3.8) is 0 Å². The number of alkyl halides is 3. The highest BCUT2D eigenvalue weighted by atomic mass is 32.2. The van der Waals surface area contributed by atoms with E-state index in [4.69, 9.17) is 0 Å². The number of thioether (sulfide) groups is 1. The van der Waals surface area contributed by atoms with Crippen LogP contribution < -0.4 is 5.32 Å². The van der Waals surface area contributed by atoms with Crippen molar-refractivity contribution >= 4 is 29.3 Å². The fourth-order valence-corrected chi connectivity index (χ4v) is 3.11. The Morgan fingerprint density at radius 2 is 2.08 bits per heavy atom. The fourth-order valence-electron chi connectivity index (χ4n) is 2.21. The molecular formula is C17H17F3N2O2S. The number of hydrogen-bond acceptors (Lipinski definition) is 3. The Morgan fingerprint density at radius 3 is 2.64 bits per heavy atom. The highest BCUT2D eigenvalue weighted by Crippen LogP contribution is 2.41. The molecule has 1 heterocycles. The topological polar surface area (TPSA) is 49.4 Å². The van der Waals surface area contributed by atoms with Gasteiger partial charge in [0.1, 0.15) is 0 Å². The summed E-state index contributed by atoms with van der Waals surface area (Å²) in [5.74, 6) is -0.949. The average Bonchev–Trinajstić information content (AvgIpc) is 2.51. The van der Waals surface area contributed by atoms with Gasteiger partial charge in [0.15, 0.2) is 0 Å². The molecule has 4 nitrogen and oxygen atoms in total. The molecule has 1 aromatic rings. The molecule has 0 radical (unpaired) electrons. The average molecular weight is 370 g/mol. The SMILES string of the molecule is C=C(C)CN(CC)C(=O)/C=C1\Sc2ccc(C(F)(F)F)cc2NC1=O. The van der Waals surface area contributed by atoms with Crippen molar-refractivity contribution in [2.75, 3.05) is 18.4 Å². The van der Waals surface area contributed by atoms with Gasteiger partial charge in [0.25, 0.3) is 5.91 Å². The molecule has 0 saturated heterocycles. The Kier molecular flexibility index (Phi) is 5.62. The van der Waals surface area contributed by atoms with Crippen LogP contribution in [0.4, 0.5) is 18.9 Å². The van der Waals surface area contributed by atoms with Crippen molar-refractivity contribution in [3.05, 3.63) is 46.9 Å². The van der Waals surface area contributed by atoms with Crippen LogP contribution in [0.25, 0.3) is 0 Å². The monoisotopic (exact) mass is 370 g/mol. The molecular weight excluding hydrogens is 353 g/mol. The Morgan fingerprint density at radius 1 is 1.40 bits per heavy atom. The third-order valence-electron chi connectivity index (χ3n) is 3.41. The van der Waals surface area contributed by atoms with Crippen LogP contribution in [0.5, 0.6) is 0 Å². The molecule has 0 fully saturated rings. The first-order valence-electron chi connectivity index (χ1n) is 7.47. The van der Waals surface area contributed by atoms with Crippen LogP contribution >= 0.6 is 11.8 Å². The summed E-state index contributed by atoms with van der Waals surface area (Å²) >= 11 is 0.971. The van der Waals surface area contributed by atoms with Gasteiger partial charge in [-0.1, -0.05) is 23.9 Å². The lowest BCUT2D eigenvalue weighted by Crippen LogP contribution is -2.31. The van der Waals surface area contributed by atoms with Gasteiger partial charge in [-0.3, -0.25) is 9.59 Å². The molecule has 8 heteroatoms. The van der Waals surface area contributed by atoms with Crippen LogP contribution in [0.2, 0.25) is 0 Å². The highest BCUT2D eigenvalue weighted by Gasteiger charge is 2.32. The van der Waals surface area contributed by atoms with Crippen LogP contribution in [0, 0.1) is 0 Å². The van der Waals surface area contributed by atoms with Gasteiger partial charge in [-0.15, -0.1) is 0 Å². The Labute approximate surface area is 147 Å². The lowest BCUT2D eigenvalue weighted by atomic mass is 10.2. The van der Waals surface area contributed by atoms with Crippen molar-refractivity contribution < 1.29 is 22.8 Å². The number of fused-ring (bicyclic) bond motifs is 1. The third-order valence-corrected chi connectivity index (χ3v) is 4.51. The molecule has 0 unspecified atom stereocenters. The summed E-state index contributed by atoms with van der Waals surface area (Å²) in [6, 6.07) is 3.12. The van der Waals surface area contributed by atoms with Gasteiger partial charge in [-0.25, -0.2) is 0 Å². The molecule has 1 aromatic carbocycles. The van der Waals surface area contributed by atoms with Crippen LogP contribution in [0.3, 0.4) is 0 Å². The van der Waals surface area contributed by atoms with Gasteiger partial charge in [0, 0.05) is 24.1 Å². The third kappa shape index (κ3) is 4.66. The number of nitrogens with zero attached hydrogens (tertiary/aromatic N) is 1. The maximum atomic E-state index is 12.7. The zero-order chi connectivity index (χ0) is 18.8. The summed E-state index contributed by atoms with van der Waals surface area (Å²) in [4.78, 5) is 26.5. The molecule has 0 atom stereocenters. The second-order valence-electron chi connectivity index (χ2n) is 5.58. The number of likely N-dealkylation sites (N-methyl/N-ethyl adjacent to an activating group) is 1. The first kappa shape index (κ1) is 19.1. The van der Waals surface area contributed by atoms with E-state index in [1.54, 1.807) is 13.8 Å². The molecule has 1 aliphatic rings. The Bertz CT molecular complexity index is 757. The van der Waals surface area contributed by atoms with E-state index in [0.29, 0.717) is 18.0 Å². The lowest BCUT2D eigenvalue weighted by molar-refractivity contribution is -0.137. The van der Waals surface area contributed by atoms with Crippen molar-refractivity contribution in [1.82, 2.24) is 4.90 Å². The van der Waals surface area contributed by atoms with E-state index < -0.39 is 17.6 Å². The van der Waals surface area contributed by atoms with E-state index in [1.165, 1.54) is 17.0 Å². The van der Waals surface area contributed by atoms with Gasteiger partial charge in [0.05, 0.1) is 16.2 Å². The lowest BCUT2D eigenvalue weighted by Gasteiger charge is -2.22. The minimum absolute atomic E-state index is 0.0868. The number of benzene rings is 1. The van der Waals surface area contributed by atoms with Gasteiger partial charge in [-0.2, -0.15) is 13.2 Å². The predicted octanol–water partition coefficient (Wildman–Crippen LogP) is 4.06. The first-order chi connectivity index (χ1) is 11.6. The summed E-state index contributed by atoms with van der Waals surface area (Å²) < 4.78 is 38.2. The van der Waals surface area contributed by atoms with E-state index in [0.717, 1.165) is 29.5 Å². The summed E-state index contributed by atoms with van der Waals surface area (Å²) in [6.45, 7) is 8.18. The molecule has 2 amide bonds. The van der Waals surface area contributed by atoms with Crippen LogP contribution in [0.1, 0.15) is 19.4 Å². The largest absolute Gasteiger partial charge is 0.416 e. The molecule has 0 bridgehead atoms. The van der Waals surface area contributed by atoms with Gasteiger partial charge in [-0.05, 0) is 32.0 Å². The minimum atomic E-state index is -4.49. The molecule has 25 heavy (non-hydrogen) atoms. The van der Waals surface area contributed by atoms with E-state index in [2.05, 4.69) is 11.9 Å². The molecule has 0 aromatic heterocycles. The zero-order valence-corrected chi connectivity index (χ0v) is 14.6. The van der Waals surface area contributed by atoms with Gasteiger partial charge >= 0.3 is 6.18 Å². The summed E-state index contributed by atoms with van der Waals surface area (Å²) in [5.41, 5.74) is 0.0531. The number of amides is 2. The van der Waals surface area contributed by atoms with Crippen molar-refractivity contribution in [1.29, 1.82) is 0 Å². The number of hydrogen-bond donors (Lipinski definition) is 1. The standard InChI is InChI=1S/C17H17F3N2O2S/c1-4-22(9-10(2)3)15(23)8-14-16(24)21-12-7-11(17(18,19)20)5-6-13(12)25-14/h5-8H,2,4,9H2,1,3H3,(H,21,24)/b14-8-. The zero-order valence-electron chi connectivity index (χ0n) is 13.7. The molecule has 0 spiro atoms. The van der Waals surface area contributed by atoms with Gasteiger partial charge < -0.3 is 10.2 Å². The predicted molar refractivity (Wildman–Crippen MR) is 91.1 cm³/mol. The number of carbonyl (C=O) groups is 2. The van der Waals surface area contributed by atoms with Crippen molar-refractivity contribution in [2.45, 2.75) is 24.9 Å². The Balaban J connectivity index is 2.25. The quantitative estimate of drug-likeness (QED) is 0.642. The van der Waals surface area contributed by atoms with Crippen LogP contribution in [-0.2, 0) is 15.8 Å². The molecule has 1 aliphatic heterocycles. The highest BCUT2D eigenvalue weighted by molar-refractivity contribution is 8.04. The summed E-state index contributed by atoms with van der Waals surface area (Å²) in [6.07, 6.45) is -3.28. The second-order valence-corrected chi connectivity index (χ2v) is 6.67. The van der Waals surface area contributed by atoms with Crippen molar-refractivity contribution in [2.24, 2.45) is 0 Å². The van der Waals surface area contributed by atoms with E-state index in [1.807, 2.05) is 0 Å². The summed E-state index contributed by atoms with van der Waals surface area (Å²) in [5, 5.41) is 2.41. The second kappa shape index (κ2) is 7.35. The molecule has 1 N–H and O–H groups in total. The van der Waals surface area contributed by atoms with E-state index in [9.17, 15) is 22.8 Å². The minimum Gasteiger partial charge on any atom is -0.335 e. The van der Waals surface area contributed by atoms with Crippen LogP contribution in [-0.4, -0.2) is 29.8 Å². The maximum Gasteiger partial charge on any atom is 0.416 e. The molecule has 0 aliphatic carbocycles. The normalized spacial score (nSPS) is 15.6. The molecule has 0 saturated carbocycles. The summed E-state index contributed by atoms with van der Waals surface area (Å²) in [7, 11) is 0. The number of halogens is 3.